The van der Waals surface area contributed by atoms with Gasteiger partial charge in [0.05, 0.1) is 6.61 Å². The molecule has 0 radical (unpaired) electrons. The zero-order valence-corrected chi connectivity index (χ0v) is 16.7. The second-order valence-corrected chi connectivity index (χ2v) is 7.81. The number of carbonyl (C=O) groups is 1. The van der Waals surface area contributed by atoms with Crippen LogP contribution in [0.1, 0.15) is 37.8 Å². The van der Waals surface area contributed by atoms with Crippen LogP contribution in [0.15, 0.2) is 54.6 Å². The highest BCUT2D eigenvalue weighted by atomic mass is 35.5. The van der Waals surface area contributed by atoms with Gasteiger partial charge in [-0.05, 0) is 54.2 Å². The standard InChI is InChI=1S/C23H26ClNO2/c1-17(2)16-27-21-8-5-6-18(14-21)15-25(20-11-12-20)23(26)13-10-19-7-3-4-9-22(19)24/h3-10,13-14,17,20H,11-12,15-16H2,1-2H3. The van der Waals surface area contributed by atoms with Gasteiger partial charge in [0.1, 0.15) is 5.75 Å². The predicted molar refractivity (Wildman–Crippen MR) is 111 cm³/mol. The van der Waals surface area contributed by atoms with Crippen LogP contribution in [0.5, 0.6) is 5.75 Å². The highest BCUT2D eigenvalue weighted by Crippen LogP contribution is 2.29. The van der Waals surface area contributed by atoms with Crippen LogP contribution in [0.25, 0.3) is 6.08 Å². The van der Waals surface area contributed by atoms with E-state index in [1.807, 2.05) is 53.4 Å². The third-order valence-corrected chi connectivity index (χ3v) is 4.76. The van der Waals surface area contributed by atoms with E-state index in [2.05, 4.69) is 13.8 Å². The van der Waals surface area contributed by atoms with E-state index in [-0.39, 0.29) is 5.91 Å². The van der Waals surface area contributed by atoms with Gasteiger partial charge in [0.25, 0.3) is 0 Å². The van der Waals surface area contributed by atoms with Crippen LogP contribution in [-0.4, -0.2) is 23.5 Å². The first-order valence-electron chi connectivity index (χ1n) is 9.48. The van der Waals surface area contributed by atoms with E-state index in [0.717, 1.165) is 29.7 Å². The molecular formula is C23H26ClNO2. The Hall–Kier alpha value is -2.26. The molecule has 0 aliphatic heterocycles. The van der Waals surface area contributed by atoms with Crippen molar-refractivity contribution >= 4 is 23.6 Å². The van der Waals surface area contributed by atoms with Gasteiger partial charge >= 0.3 is 0 Å². The van der Waals surface area contributed by atoms with Crippen molar-refractivity contribution in [2.24, 2.45) is 5.92 Å². The smallest absolute Gasteiger partial charge is 0.247 e. The zero-order valence-electron chi connectivity index (χ0n) is 15.9. The Balaban J connectivity index is 1.68. The molecular weight excluding hydrogens is 358 g/mol. The van der Waals surface area contributed by atoms with Crippen LogP contribution in [0, 0.1) is 5.92 Å². The summed E-state index contributed by atoms with van der Waals surface area (Å²) >= 11 is 6.17. The lowest BCUT2D eigenvalue weighted by Crippen LogP contribution is -2.31. The zero-order chi connectivity index (χ0) is 19.2. The molecule has 27 heavy (non-hydrogen) atoms. The fourth-order valence-electron chi connectivity index (χ4n) is 2.83. The maximum absolute atomic E-state index is 12.8. The predicted octanol–water partition coefficient (Wildman–Crippen LogP) is 5.58. The second kappa shape index (κ2) is 9.09. The molecule has 3 nitrogen and oxygen atoms in total. The molecule has 0 bridgehead atoms. The fourth-order valence-corrected chi connectivity index (χ4v) is 3.03. The highest BCUT2D eigenvalue weighted by Gasteiger charge is 2.31. The van der Waals surface area contributed by atoms with Crippen LogP contribution in [0.4, 0.5) is 0 Å². The van der Waals surface area contributed by atoms with Gasteiger partial charge in [-0.2, -0.15) is 0 Å². The monoisotopic (exact) mass is 383 g/mol. The SMILES string of the molecule is CC(C)COc1cccc(CN(C(=O)C=Cc2ccccc2Cl)C2CC2)c1. The minimum absolute atomic E-state index is 0.0194. The molecule has 142 valence electrons. The summed E-state index contributed by atoms with van der Waals surface area (Å²) < 4.78 is 5.81. The Morgan fingerprint density at radius 3 is 2.70 bits per heavy atom. The molecule has 1 fully saturated rings. The van der Waals surface area contributed by atoms with Crippen molar-refractivity contribution in [2.75, 3.05) is 6.61 Å². The molecule has 0 spiro atoms. The van der Waals surface area contributed by atoms with E-state index in [4.69, 9.17) is 16.3 Å². The van der Waals surface area contributed by atoms with Crippen molar-refractivity contribution in [3.05, 3.63) is 70.8 Å². The lowest BCUT2D eigenvalue weighted by atomic mass is 10.1. The Labute approximate surface area is 166 Å². The van der Waals surface area contributed by atoms with Crippen LogP contribution in [0.3, 0.4) is 0 Å². The first-order valence-corrected chi connectivity index (χ1v) is 9.85. The summed E-state index contributed by atoms with van der Waals surface area (Å²) in [5, 5.41) is 0.648. The number of carbonyl (C=O) groups excluding carboxylic acids is 1. The maximum Gasteiger partial charge on any atom is 0.247 e. The van der Waals surface area contributed by atoms with Crippen molar-refractivity contribution in [1.29, 1.82) is 0 Å². The number of hydrogen-bond donors (Lipinski definition) is 0. The summed E-state index contributed by atoms with van der Waals surface area (Å²) in [6.07, 6.45) is 5.55. The fraction of sp³-hybridized carbons (Fsp3) is 0.348. The number of rotatable bonds is 8. The van der Waals surface area contributed by atoms with Gasteiger partial charge in [-0.3, -0.25) is 4.79 Å². The molecule has 0 N–H and O–H groups in total. The average molecular weight is 384 g/mol. The van der Waals surface area contributed by atoms with Gasteiger partial charge in [0, 0.05) is 23.7 Å². The Morgan fingerprint density at radius 2 is 2.00 bits per heavy atom. The summed E-state index contributed by atoms with van der Waals surface area (Å²) in [4.78, 5) is 14.7. The molecule has 3 rings (SSSR count). The van der Waals surface area contributed by atoms with Gasteiger partial charge in [-0.25, -0.2) is 0 Å². The van der Waals surface area contributed by atoms with E-state index in [1.165, 1.54) is 0 Å². The van der Waals surface area contributed by atoms with Crippen molar-refractivity contribution in [3.8, 4) is 5.75 Å². The van der Waals surface area contributed by atoms with Crippen molar-refractivity contribution < 1.29 is 9.53 Å². The number of ether oxygens (including phenoxy) is 1. The van der Waals surface area contributed by atoms with E-state index >= 15 is 0 Å². The molecule has 2 aromatic rings. The molecule has 0 aromatic heterocycles. The van der Waals surface area contributed by atoms with Gasteiger partial charge in [0.2, 0.25) is 5.91 Å². The van der Waals surface area contributed by atoms with Crippen LogP contribution >= 0.6 is 11.6 Å². The third kappa shape index (κ3) is 5.86. The van der Waals surface area contributed by atoms with Gasteiger partial charge in [0.15, 0.2) is 0 Å². The Bertz CT molecular complexity index is 812. The van der Waals surface area contributed by atoms with Gasteiger partial charge < -0.3 is 9.64 Å². The van der Waals surface area contributed by atoms with Crippen molar-refractivity contribution in [1.82, 2.24) is 4.90 Å². The Morgan fingerprint density at radius 1 is 1.22 bits per heavy atom. The first kappa shape index (κ1) is 19.5. The second-order valence-electron chi connectivity index (χ2n) is 7.40. The van der Waals surface area contributed by atoms with E-state index in [0.29, 0.717) is 30.1 Å². The molecule has 0 heterocycles. The molecule has 4 heteroatoms. The summed E-state index contributed by atoms with van der Waals surface area (Å²) in [5.41, 5.74) is 1.94. The molecule has 1 aliphatic carbocycles. The summed E-state index contributed by atoms with van der Waals surface area (Å²) in [6.45, 7) is 5.54. The highest BCUT2D eigenvalue weighted by molar-refractivity contribution is 6.32. The van der Waals surface area contributed by atoms with E-state index in [9.17, 15) is 4.79 Å². The first-order chi connectivity index (χ1) is 13.0. The van der Waals surface area contributed by atoms with Crippen LogP contribution in [-0.2, 0) is 11.3 Å². The normalized spacial score (nSPS) is 13.9. The molecule has 0 unspecified atom stereocenters. The summed E-state index contributed by atoms with van der Waals surface area (Å²) in [5.74, 6) is 1.36. The lowest BCUT2D eigenvalue weighted by molar-refractivity contribution is -0.127. The molecule has 0 saturated heterocycles. The molecule has 0 atom stereocenters. The number of benzene rings is 2. The lowest BCUT2D eigenvalue weighted by Gasteiger charge is -2.21. The van der Waals surface area contributed by atoms with E-state index < -0.39 is 0 Å². The van der Waals surface area contributed by atoms with Crippen LogP contribution < -0.4 is 4.74 Å². The van der Waals surface area contributed by atoms with Crippen LogP contribution in [0.2, 0.25) is 5.02 Å². The van der Waals surface area contributed by atoms with Gasteiger partial charge in [-0.1, -0.05) is 55.8 Å². The third-order valence-electron chi connectivity index (χ3n) is 4.42. The Kier molecular flexibility index (Phi) is 6.57. The number of nitrogens with zero attached hydrogens (tertiary/aromatic N) is 1. The summed E-state index contributed by atoms with van der Waals surface area (Å²) in [6, 6.07) is 15.9. The number of halogens is 1. The average Bonchev–Trinajstić information content (AvgIpc) is 3.49. The minimum atomic E-state index is 0.0194. The molecule has 1 aliphatic rings. The molecule has 1 amide bonds. The largest absolute Gasteiger partial charge is 0.493 e. The van der Waals surface area contributed by atoms with Gasteiger partial charge in [-0.15, -0.1) is 0 Å². The van der Waals surface area contributed by atoms with E-state index in [1.54, 1.807) is 12.2 Å². The molecule has 2 aromatic carbocycles. The molecule has 1 saturated carbocycles. The quantitative estimate of drug-likeness (QED) is 0.557. The number of amides is 1. The minimum Gasteiger partial charge on any atom is -0.493 e. The maximum atomic E-state index is 12.8. The summed E-state index contributed by atoms with van der Waals surface area (Å²) in [7, 11) is 0. The van der Waals surface area contributed by atoms with Crippen molar-refractivity contribution in [2.45, 2.75) is 39.3 Å². The number of hydrogen-bond acceptors (Lipinski definition) is 2. The topological polar surface area (TPSA) is 29.5 Å². The van der Waals surface area contributed by atoms with Crippen molar-refractivity contribution in [3.63, 3.8) is 0 Å².